The normalized spacial score (nSPS) is 31.8. The van der Waals surface area contributed by atoms with Crippen molar-refractivity contribution in [3.63, 3.8) is 0 Å². The Morgan fingerprint density at radius 3 is 1.55 bits per heavy atom. The van der Waals surface area contributed by atoms with Crippen LogP contribution in [0.5, 0.6) is 23.0 Å². The van der Waals surface area contributed by atoms with Crippen LogP contribution in [0.25, 0.3) is 0 Å². The van der Waals surface area contributed by atoms with Gasteiger partial charge in [0.1, 0.15) is 48.1 Å². The molecule has 51 heavy (non-hydrogen) atoms. The van der Waals surface area contributed by atoms with Crippen LogP contribution < -0.4 is 14.2 Å². The Morgan fingerprint density at radius 2 is 1.10 bits per heavy atom. The Labute approximate surface area is 282 Å². The average Bonchev–Trinajstić information content (AvgIpc) is 3.38. The van der Waals surface area contributed by atoms with Crippen molar-refractivity contribution >= 4 is 17.9 Å². The van der Waals surface area contributed by atoms with Crippen molar-refractivity contribution in [3.8, 4) is 23.0 Å². The molecule has 0 amide bonds. The molecule has 4 heterocycles. The second kappa shape index (κ2) is 12.4. The maximum absolute atomic E-state index is 15.9. The summed E-state index contributed by atoms with van der Waals surface area (Å²) in [5, 5.41) is 79.9. The van der Waals surface area contributed by atoms with Crippen LogP contribution in [0.3, 0.4) is 0 Å². The molecule has 0 saturated carbocycles. The number of carboxylic acid groups (broad SMARTS) is 2. The van der Waals surface area contributed by atoms with E-state index in [2.05, 4.69) is 0 Å². The maximum Gasteiger partial charge on any atom is 0.340 e. The van der Waals surface area contributed by atoms with E-state index in [1.165, 1.54) is 24.3 Å². The maximum atomic E-state index is 15.9. The zero-order chi connectivity index (χ0) is 36.7. The highest BCUT2D eigenvalue weighted by atomic mass is 19.1. The topological polar surface area (TPSA) is 268 Å². The molecule has 0 unspecified atom stereocenters. The molecule has 0 bridgehead atoms. The number of hydrogen-bond acceptors (Lipinski definition) is 15. The molecular weight excluding hydrogens is 694 g/mol. The zero-order valence-corrected chi connectivity index (χ0v) is 25.4. The molecule has 7 rings (SSSR count). The number of halogens is 2. The van der Waals surface area contributed by atoms with E-state index in [4.69, 9.17) is 28.4 Å². The molecule has 4 aliphatic heterocycles. The minimum absolute atomic E-state index is 0.0229. The fraction of sp³-hybridized carbons (Fsp3) is 0.344. The molecule has 19 heteroatoms. The smallest absolute Gasteiger partial charge is 0.340 e. The molecule has 10 atom stereocenters. The molecule has 0 radical (unpaired) electrons. The molecule has 1 spiro atoms. The summed E-state index contributed by atoms with van der Waals surface area (Å²) in [6.07, 6.45) is -20.7. The standard InChI is InChI=1S/C32H26F2O17/c33-13-5-11-15(7-17(13)47-30-23(39)19(35)21(37)25(49-30)27(41)42)46-16-8-18(48-31-24(40)20(36)22(38)26(50-31)28(43)44)14(34)6-12(16)32(11)10-4-2-1-3-9(10)29(45)51-32/h1-8,19-26,30-31,35-40H,(H,41,42)(H,43,44)/t19-,20-,21-,22-,23+,24+,25-,26-,30+,31+/m0/s1. The minimum atomic E-state index is -2.08. The van der Waals surface area contributed by atoms with E-state index in [1.54, 1.807) is 0 Å². The number of fused-ring (bicyclic) bond motifs is 6. The molecule has 3 aromatic rings. The summed E-state index contributed by atoms with van der Waals surface area (Å²) in [6.45, 7) is 0. The molecule has 270 valence electrons. The van der Waals surface area contributed by atoms with Crippen LogP contribution in [0.15, 0.2) is 48.5 Å². The summed E-state index contributed by atoms with van der Waals surface area (Å²) >= 11 is 0. The number of carboxylic acids is 2. The number of aliphatic carboxylic acids is 2. The van der Waals surface area contributed by atoms with E-state index >= 15 is 8.78 Å². The van der Waals surface area contributed by atoms with E-state index < -0.39 is 108 Å². The summed E-state index contributed by atoms with van der Waals surface area (Å²) < 4.78 is 64.5. The van der Waals surface area contributed by atoms with Gasteiger partial charge in [0.2, 0.25) is 12.6 Å². The Kier molecular flexibility index (Phi) is 8.35. The van der Waals surface area contributed by atoms with E-state index in [9.17, 15) is 55.2 Å². The average molecular weight is 721 g/mol. The van der Waals surface area contributed by atoms with Gasteiger partial charge < -0.3 is 69.3 Å². The van der Waals surface area contributed by atoms with Gasteiger partial charge in [0.15, 0.2) is 40.9 Å². The fourth-order valence-electron chi connectivity index (χ4n) is 6.40. The van der Waals surface area contributed by atoms with E-state index in [0.717, 1.165) is 24.3 Å². The third kappa shape index (κ3) is 5.33. The second-order valence-electron chi connectivity index (χ2n) is 12.0. The van der Waals surface area contributed by atoms with Crippen molar-refractivity contribution < 1.29 is 92.4 Å². The van der Waals surface area contributed by atoms with Crippen molar-refractivity contribution in [1.29, 1.82) is 0 Å². The van der Waals surface area contributed by atoms with E-state index in [-0.39, 0.29) is 33.8 Å². The summed E-state index contributed by atoms with van der Waals surface area (Å²) in [4.78, 5) is 36.3. The first kappa shape index (κ1) is 34.5. The van der Waals surface area contributed by atoms with Gasteiger partial charge in [-0.2, -0.15) is 0 Å². The number of hydrogen-bond donors (Lipinski definition) is 8. The highest BCUT2D eigenvalue weighted by molar-refractivity contribution is 5.97. The van der Waals surface area contributed by atoms with Gasteiger partial charge in [-0.25, -0.2) is 23.2 Å². The molecule has 2 saturated heterocycles. The molecular formula is C32H26F2O17. The van der Waals surface area contributed by atoms with Gasteiger partial charge in [-0.3, -0.25) is 0 Å². The molecule has 3 aromatic carbocycles. The predicted molar refractivity (Wildman–Crippen MR) is 155 cm³/mol. The van der Waals surface area contributed by atoms with Crippen LogP contribution in [0, 0.1) is 11.6 Å². The summed E-state index contributed by atoms with van der Waals surface area (Å²) in [6, 6.07) is 9.34. The molecule has 8 N–H and O–H groups in total. The van der Waals surface area contributed by atoms with Gasteiger partial charge >= 0.3 is 17.9 Å². The number of rotatable bonds is 6. The van der Waals surface area contributed by atoms with Crippen LogP contribution in [-0.4, -0.2) is 120 Å². The van der Waals surface area contributed by atoms with Crippen molar-refractivity contribution in [3.05, 3.63) is 82.4 Å². The van der Waals surface area contributed by atoms with E-state index in [0.29, 0.717) is 0 Å². The van der Waals surface area contributed by atoms with Gasteiger partial charge in [-0.05, 0) is 18.2 Å². The molecule has 0 aromatic heterocycles. The van der Waals surface area contributed by atoms with Crippen molar-refractivity contribution in [1.82, 2.24) is 0 Å². The highest BCUT2D eigenvalue weighted by Crippen LogP contribution is 2.58. The van der Waals surface area contributed by atoms with Crippen molar-refractivity contribution in [2.75, 3.05) is 0 Å². The number of ether oxygens (including phenoxy) is 6. The van der Waals surface area contributed by atoms with Crippen molar-refractivity contribution in [2.24, 2.45) is 0 Å². The van der Waals surface area contributed by atoms with Crippen LogP contribution in [0.4, 0.5) is 8.78 Å². The van der Waals surface area contributed by atoms with Gasteiger partial charge in [-0.15, -0.1) is 0 Å². The number of benzene rings is 3. The first-order valence-electron chi connectivity index (χ1n) is 15.0. The van der Waals surface area contributed by atoms with Crippen LogP contribution in [0.2, 0.25) is 0 Å². The van der Waals surface area contributed by atoms with Crippen LogP contribution in [-0.2, 0) is 29.4 Å². The lowest BCUT2D eigenvalue weighted by molar-refractivity contribution is -0.271. The van der Waals surface area contributed by atoms with Gasteiger partial charge in [0.05, 0.1) is 16.7 Å². The summed E-state index contributed by atoms with van der Waals surface area (Å²) in [7, 11) is 0. The van der Waals surface area contributed by atoms with Gasteiger partial charge in [-0.1, -0.05) is 18.2 Å². The zero-order valence-electron chi connectivity index (χ0n) is 25.4. The molecule has 4 aliphatic rings. The van der Waals surface area contributed by atoms with E-state index in [1.807, 2.05) is 0 Å². The Balaban J connectivity index is 1.31. The fourth-order valence-corrected chi connectivity index (χ4v) is 6.40. The van der Waals surface area contributed by atoms with Crippen LogP contribution in [0.1, 0.15) is 27.0 Å². The second-order valence-corrected chi connectivity index (χ2v) is 12.0. The SMILES string of the molecule is O=C1OC2(c3cc(F)c(O[C@@H]4O[C@H](C(=O)O)[C@@H](O)[C@H](O)[C@H]4O)cc3Oc3cc(O[C@@H]4O[C@H](C(=O)O)[C@@H](O)[C@H](O)[C@H]4O)c(F)cc32)c2ccccc21. The number of esters is 1. The van der Waals surface area contributed by atoms with Crippen molar-refractivity contribution in [2.45, 2.75) is 67.0 Å². The molecule has 0 aliphatic carbocycles. The number of aliphatic hydroxyl groups is 6. The number of carbonyl (C=O) groups excluding carboxylic acids is 1. The number of carbonyl (C=O) groups is 3. The highest BCUT2D eigenvalue weighted by Gasteiger charge is 2.55. The lowest BCUT2D eigenvalue weighted by Gasteiger charge is -2.39. The quantitative estimate of drug-likeness (QED) is 0.143. The summed E-state index contributed by atoms with van der Waals surface area (Å²) in [5.74, 6) is -8.85. The Bertz CT molecular complexity index is 1830. The van der Waals surface area contributed by atoms with Gasteiger partial charge in [0, 0.05) is 17.7 Å². The predicted octanol–water partition coefficient (Wildman–Crippen LogP) is -0.925. The molecule has 17 nitrogen and oxygen atoms in total. The Hall–Kier alpha value is -4.99. The third-order valence-electron chi connectivity index (χ3n) is 8.93. The number of aliphatic hydroxyl groups excluding tert-OH is 6. The monoisotopic (exact) mass is 720 g/mol. The largest absolute Gasteiger partial charge is 0.479 e. The lowest BCUT2D eigenvalue weighted by Crippen LogP contribution is -2.61. The Morgan fingerprint density at radius 1 is 0.647 bits per heavy atom. The first-order valence-corrected chi connectivity index (χ1v) is 15.0. The summed E-state index contributed by atoms with van der Waals surface area (Å²) in [5.41, 5.74) is -2.32. The minimum Gasteiger partial charge on any atom is -0.479 e. The first-order chi connectivity index (χ1) is 24.1. The third-order valence-corrected chi connectivity index (χ3v) is 8.93. The van der Waals surface area contributed by atoms with Gasteiger partial charge in [0.25, 0.3) is 0 Å². The lowest BCUT2D eigenvalue weighted by atomic mass is 9.77. The molecule has 2 fully saturated rings. The van der Waals surface area contributed by atoms with Crippen LogP contribution >= 0.6 is 0 Å².